The van der Waals surface area contributed by atoms with Crippen molar-refractivity contribution in [3.05, 3.63) is 41.4 Å². The Labute approximate surface area is 156 Å². The number of amides is 2. The SMILES string of the molecule is COc1ccc(C(=O)NC2CCN(CC(=O)Nc3nccs3)CC2)cc1. The van der Waals surface area contributed by atoms with E-state index >= 15 is 0 Å². The summed E-state index contributed by atoms with van der Waals surface area (Å²) in [5.41, 5.74) is 0.621. The van der Waals surface area contributed by atoms with Crippen LogP contribution in [0.1, 0.15) is 23.2 Å². The Hall–Kier alpha value is -2.45. The van der Waals surface area contributed by atoms with Gasteiger partial charge in [-0.25, -0.2) is 4.98 Å². The van der Waals surface area contributed by atoms with E-state index in [9.17, 15) is 9.59 Å². The molecule has 0 bridgehead atoms. The molecule has 1 aromatic heterocycles. The summed E-state index contributed by atoms with van der Waals surface area (Å²) >= 11 is 1.40. The fourth-order valence-electron chi connectivity index (χ4n) is 2.89. The Bertz CT molecular complexity index is 725. The van der Waals surface area contributed by atoms with Crippen molar-refractivity contribution in [2.75, 3.05) is 32.1 Å². The quantitative estimate of drug-likeness (QED) is 0.808. The minimum Gasteiger partial charge on any atom is -0.497 e. The van der Waals surface area contributed by atoms with Crippen LogP contribution in [0.2, 0.25) is 0 Å². The molecule has 1 aliphatic heterocycles. The molecule has 1 aliphatic rings. The summed E-state index contributed by atoms with van der Waals surface area (Å²) in [5, 5.41) is 8.31. The molecule has 2 N–H and O–H groups in total. The zero-order valence-electron chi connectivity index (χ0n) is 14.6. The van der Waals surface area contributed by atoms with Crippen molar-refractivity contribution in [1.29, 1.82) is 0 Å². The molecule has 7 nitrogen and oxygen atoms in total. The van der Waals surface area contributed by atoms with E-state index in [2.05, 4.69) is 20.5 Å². The first-order valence-corrected chi connectivity index (χ1v) is 9.38. The fraction of sp³-hybridized carbons (Fsp3) is 0.389. The van der Waals surface area contributed by atoms with Crippen molar-refractivity contribution in [3.63, 3.8) is 0 Å². The minimum absolute atomic E-state index is 0.0549. The third-order valence-electron chi connectivity index (χ3n) is 4.32. The van der Waals surface area contributed by atoms with Gasteiger partial charge in [0.05, 0.1) is 13.7 Å². The summed E-state index contributed by atoms with van der Waals surface area (Å²) < 4.78 is 5.10. The second-order valence-electron chi connectivity index (χ2n) is 6.14. The highest BCUT2D eigenvalue weighted by Gasteiger charge is 2.22. The third kappa shape index (κ3) is 5.03. The standard InChI is InChI=1S/C18H22N4O3S/c1-25-15-4-2-13(3-5-15)17(24)20-14-6-9-22(10-7-14)12-16(23)21-18-19-8-11-26-18/h2-5,8,11,14H,6-7,9-10,12H2,1H3,(H,20,24)(H,19,21,23). The number of thiazole rings is 1. The Morgan fingerprint density at radius 1 is 1.27 bits per heavy atom. The zero-order valence-corrected chi connectivity index (χ0v) is 15.4. The molecule has 0 spiro atoms. The van der Waals surface area contributed by atoms with Crippen LogP contribution in [0.15, 0.2) is 35.8 Å². The van der Waals surface area contributed by atoms with Gasteiger partial charge < -0.3 is 15.4 Å². The van der Waals surface area contributed by atoms with E-state index < -0.39 is 0 Å². The number of nitrogens with zero attached hydrogens (tertiary/aromatic N) is 2. The van der Waals surface area contributed by atoms with E-state index in [0.717, 1.165) is 31.7 Å². The first-order chi connectivity index (χ1) is 12.6. The molecule has 3 rings (SSSR count). The summed E-state index contributed by atoms with van der Waals surface area (Å²) in [6.07, 6.45) is 3.32. The monoisotopic (exact) mass is 374 g/mol. The number of nitrogens with one attached hydrogen (secondary N) is 2. The van der Waals surface area contributed by atoms with Gasteiger partial charge in [-0.05, 0) is 37.1 Å². The van der Waals surface area contributed by atoms with Gasteiger partial charge in [0.1, 0.15) is 5.75 Å². The molecule has 2 amide bonds. The van der Waals surface area contributed by atoms with E-state index in [1.165, 1.54) is 11.3 Å². The summed E-state index contributed by atoms with van der Waals surface area (Å²) in [6.45, 7) is 1.90. The van der Waals surface area contributed by atoms with Gasteiger partial charge >= 0.3 is 0 Å². The Balaban J connectivity index is 1.41. The van der Waals surface area contributed by atoms with E-state index in [4.69, 9.17) is 4.74 Å². The summed E-state index contributed by atoms with van der Waals surface area (Å²) in [7, 11) is 1.60. The molecule has 0 unspecified atom stereocenters. The summed E-state index contributed by atoms with van der Waals surface area (Å²) in [5.74, 6) is 0.596. The molecule has 0 atom stereocenters. The molecule has 0 radical (unpaired) electrons. The van der Waals surface area contributed by atoms with Crippen LogP contribution in [0, 0.1) is 0 Å². The molecule has 2 aromatic rings. The van der Waals surface area contributed by atoms with E-state index in [0.29, 0.717) is 17.2 Å². The molecule has 0 aliphatic carbocycles. The number of ether oxygens (including phenoxy) is 1. The highest BCUT2D eigenvalue weighted by Crippen LogP contribution is 2.15. The maximum atomic E-state index is 12.3. The maximum Gasteiger partial charge on any atom is 0.251 e. The number of likely N-dealkylation sites (tertiary alicyclic amines) is 1. The molecule has 26 heavy (non-hydrogen) atoms. The van der Waals surface area contributed by atoms with Crippen LogP contribution in [-0.2, 0) is 4.79 Å². The fourth-order valence-corrected chi connectivity index (χ4v) is 3.44. The number of carbonyl (C=O) groups excluding carboxylic acids is 2. The first kappa shape index (κ1) is 18.3. The van der Waals surface area contributed by atoms with Crippen LogP contribution in [0.3, 0.4) is 0 Å². The lowest BCUT2D eigenvalue weighted by atomic mass is 10.0. The van der Waals surface area contributed by atoms with Crippen molar-refractivity contribution in [2.24, 2.45) is 0 Å². The summed E-state index contributed by atoms with van der Waals surface area (Å²) in [6, 6.07) is 7.19. The lowest BCUT2D eigenvalue weighted by molar-refractivity contribution is -0.117. The normalized spacial score (nSPS) is 15.4. The second-order valence-corrected chi connectivity index (χ2v) is 7.03. The number of hydrogen-bond donors (Lipinski definition) is 2. The van der Waals surface area contributed by atoms with Crippen LogP contribution >= 0.6 is 11.3 Å². The van der Waals surface area contributed by atoms with Gasteiger partial charge in [0.15, 0.2) is 5.13 Å². The number of piperidine rings is 1. The molecular formula is C18H22N4O3S. The van der Waals surface area contributed by atoms with Gasteiger partial charge in [-0.3, -0.25) is 14.5 Å². The first-order valence-electron chi connectivity index (χ1n) is 8.50. The van der Waals surface area contributed by atoms with Crippen LogP contribution in [0.25, 0.3) is 0 Å². The predicted octanol–water partition coefficient (Wildman–Crippen LogP) is 1.98. The maximum absolute atomic E-state index is 12.3. The largest absolute Gasteiger partial charge is 0.497 e. The Morgan fingerprint density at radius 2 is 2.00 bits per heavy atom. The van der Waals surface area contributed by atoms with Crippen LogP contribution in [0.5, 0.6) is 5.75 Å². The molecule has 8 heteroatoms. The lowest BCUT2D eigenvalue weighted by Gasteiger charge is -2.31. The highest BCUT2D eigenvalue weighted by atomic mass is 32.1. The lowest BCUT2D eigenvalue weighted by Crippen LogP contribution is -2.46. The van der Waals surface area contributed by atoms with Crippen molar-refractivity contribution in [2.45, 2.75) is 18.9 Å². The van der Waals surface area contributed by atoms with E-state index in [1.54, 1.807) is 37.6 Å². The molecule has 1 saturated heterocycles. The number of rotatable bonds is 6. The third-order valence-corrected chi connectivity index (χ3v) is 5.01. The van der Waals surface area contributed by atoms with Crippen molar-refractivity contribution in [1.82, 2.24) is 15.2 Å². The Kier molecular flexibility index (Phi) is 6.19. The van der Waals surface area contributed by atoms with E-state index in [-0.39, 0.29) is 17.9 Å². The van der Waals surface area contributed by atoms with Crippen molar-refractivity contribution >= 4 is 28.3 Å². The minimum atomic E-state index is -0.0763. The number of carbonyl (C=O) groups is 2. The zero-order chi connectivity index (χ0) is 18.4. The highest BCUT2D eigenvalue weighted by molar-refractivity contribution is 7.13. The number of hydrogen-bond acceptors (Lipinski definition) is 6. The number of methoxy groups -OCH3 is 1. The molecule has 0 saturated carbocycles. The van der Waals surface area contributed by atoms with E-state index in [1.807, 2.05) is 5.38 Å². The van der Waals surface area contributed by atoms with Gasteiger partial charge in [-0.2, -0.15) is 0 Å². The van der Waals surface area contributed by atoms with Gasteiger partial charge in [0.2, 0.25) is 5.91 Å². The average Bonchev–Trinajstić information content (AvgIpc) is 3.16. The molecule has 2 heterocycles. The topological polar surface area (TPSA) is 83.6 Å². The molecular weight excluding hydrogens is 352 g/mol. The molecule has 138 valence electrons. The molecule has 1 aromatic carbocycles. The summed E-state index contributed by atoms with van der Waals surface area (Å²) in [4.78, 5) is 30.5. The van der Waals surface area contributed by atoms with Gasteiger partial charge in [0, 0.05) is 36.3 Å². The van der Waals surface area contributed by atoms with Crippen molar-refractivity contribution < 1.29 is 14.3 Å². The molecule has 1 fully saturated rings. The number of benzene rings is 1. The second kappa shape index (κ2) is 8.77. The van der Waals surface area contributed by atoms with Crippen molar-refractivity contribution in [3.8, 4) is 5.75 Å². The van der Waals surface area contributed by atoms with Gasteiger partial charge in [-0.1, -0.05) is 0 Å². The van der Waals surface area contributed by atoms with Gasteiger partial charge in [0.25, 0.3) is 5.91 Å². The smallest absolute Gasteiger partial charge is 0.251 e. The predicted molar refractivity (Wildman–Crippen MR) is 101 cm³/mol. The van der Waals surface area contributed by atoms with Crippen LogP contribution < -0.4 is 15.4 Å². The number of anilines is 1. The number of aromatic nitrogens is 1. The van der Waals surface area contributed by atoms with Crippen LogP contribution in [-0.4, -0.2) is 54.5 Å². The average molecular weight is 374 g/mol. The van der Waals surface area contributed by atoms with Crippen LogP contribution in [0.4, 0.5) is 5.13 Å². The van der Waals surface area contributed by atoms with Gasteiger partial charge in [-0.15, -0.1) is 11.3 Å². The Morgan fingerprint density at radius 3 is 2.62 bits per heavy atom.